The first-order valence-electron chi connectivity index (χ1n) is 6.80. The first kappa shape index (κ1) is 15.8. The lowest BCUT2D eigenvalue weighted by atomic mass is 10.1. The lowest BCUT2D eigenvalue weighted by molar-refractivity contribution is -0.137. The van der Waals surface area contributed by atoms with Gasteiger partial charge < -0.3 is 19.5 Å². The molecule has 1 heterocycles. The van der Waals surface area contributed by atoms with Crippen LogP contribution in [0.4, 0.5) is 0 Å². The van der Waals surface area contributed by atoms with Gasteiger partial charge in [0.25, 0.3) is 0 Å². The molecule has 1 aromatic rings. The zero-order chi connectivity index (χ0) is 14.8. The average Bonchev–Trinajstić information content (AvgIpc) is 2.75. The van der Waals surface area contributed by atoms with Gasteiger partial charge in [0.05, 0.1) is 24.3 Å². The third kappa shape index (κ3) is 3.95. The van der Waals surface area contributed by atoms with E-state index in [2.05, 4.69) is 40.3 Å². The van der Waals surface area contributed by atoms with Crippen LogP contribution in [-0.4, -0.2) is 32.2 Å². The fourth-order valence-corrected chi connectivity index (χ4v) is 2.80. The quantitative estimate of drug-likeness (QED) is 0.890. The average molecular weight is 344 g/mol. The monoisotopic (exact) mass is 343 g/mol. The van der Waals surface area contributed by atoms with Crippen LogP contribution in [0.3, 0.4) is 0 Å². The van der Waals surface area contributed by atoms with Crippen molar-refractivity contribution < 1.29 is 14.2 Å². The normalized spacial score (nSPS) is 22.8. The van der Waals surface area contributed by atoms with Gasteiger partial charge in [-0.3, -0.25) is 0 Å². The minimum atomic E-state index is -0.460. The maximum Gasteiger partial charge on any atom is 0.163 e. The predicted octanol–water partition coefficient (Wildman–Crippen LogP) is 3.26. The Morgan fingerprint density at radius 1 is 1.50 bits per heavy atom. The third-order valence-corrected chi connectivity index (χ3v) is 4.01. The summed E-state index contributed by atoms with van der Waals surface area (Å²) in [5, 5.41) is 3.48. The van der Waals surface area contributed by atoms with E-state index in [0.29, 0.717) is 6.61 Å². The van der Waals surface area contributed by atoms with Crippen LogP contribution in [0, 0.1) is 0 Å². The number of nitrogens with one attached hydrogen (secondary N) is 1. The van der Waals surface area contributed by atoms with Gasteiger partial charge >= 0.3 is 0 Å². The van der Waals surface area contributed by atoms with Crippen molar-refractivity contribution in [2.45, 2.75) is 38.7 Å². The van der Waals surface area contributed by atoms with Crippen molar-refractivity contribution in [3.63, 3.8) is 0 Å². The van der Waals surface area contributed by atoms with Gasteiger partial charge in [0.15, 0.2) is 5.79 Å². The molecule has 1 aliphatic rings. The summed E-state index contributed by atoms with van der Waals surface area (Å²) in [6.45, 7) is 7.43. The zero-order valence-corrected chi connectivity index (χ0v) is 14.0. The van der Waals surface area contributed by atoms with Gasteiger partial charge in [-0.1, -0.05) is 6.07 Å². The maximum absolute atomic E-state index is 5.78. The molecule has 20 heavy (non-hydrogen) atoms. The molecule has 1 aliphatic heterocycles. The van der Waals surface area contributed by atoms with Crippen LogP contribution in [0.15, 0.2) is 22.7 Å². The number of ether oxygens (including phenoxy) is 3. The molecule has 2 rings (SSSR count). The molecule has 1 fully saturated rings. The molecule has 0 saturated carbocycles. The van der Waals surface area contributed by atoms with Gasteiger partial charge in [0.2, 0.25) is 0 Å². The number of methoxy groups -OCH3 is 1. The second-order valence-electron chi connectivity index (χ2n) is 5.47. The fourth-order valence-electron chi connectivity index (χ4n) is 2.24. The van der Waals surface area contributed by atoms with Crippen molar-refractivity contribution in [2.75, 3.05) is 20.3 Å². The van der Waals surface area contributed by atoms with Crippen LogP contribution in [0.2, 0.25) is 0 Å². The fraction of sp³-hybridized carbons (Fsp3) is 0.600. The first-order valence-corrected chi connectivity index (χ1v) is 7.59. The van der Waals surface area contributed by atoms with Crippen LogP contribution in [-0.2, 0) is 9.47 Å². The maximum atomic E-state index is 5.78. The van der Waals surface area contributed by atoms with E-state index >= 15 is 0 Å². The summed E-state index contributed by atoms with van der Waals surface area (Å²) in [4.78, 5) is 0. The summed E-state index contributed by atoms with van der Waals surface area (Å²) < 4.78 is 17.5. The molecule has 0 bridgehead atoms. The van der Waals surface area contributed by atoms with Gasteiger partial charge in [-0.2, -0.15) is 0 Å². The molecule has 0 radical (unpaired) electrons. The van der Waals surface area contributed by atoms with E-state index in [0.717, 1.165) is 16.8 Å². The number of hydrogen-bond acceptors (Lipinski definition) is 4. The van der Waals surface area contributed by atoms with Crippen molar-refractivity contribution in [3.8, 4) is 5.75 Å². The van der Waals surface area contributed by atoms with Crippen molar-refractivity contribution in [3.05, 3.63) is 28.2 Å². The molecule has 112 valence electrons. The molecule has 4 nitrogen and oxygen atoms in total. The van der Waals surface area contributed by atoms with E-state index < -0.39 is 5.79 Å². The number of halogens is 1. The van der Waals surface area contributed by atoms with E-state index in [4.69, 9.17) is 14.2 Å². The summed E-state index contributed by atoms with van der Waals surface area (Å²) >= 11 is 3.51. The van der Waals surface area contributed by atoms with Gasteiger partial charge in [0, 0.05) is 12.6 Å². The molecule has 1 saturated heterocycles. The molecule has 0 spiro atoms. The molecule has 0 aliphatic carbocycles. The Labute approximate surface area is 128 Å². The first-order chi connectivity index (χ1) is 9.41. The Kier molecular flexibility index (Phi) is 5.07. The Bertz CT molecular complexity index is 464. The third-order valence-electron chi connectivity index (χ3n) is 3.39. The van der Waals surface area contributed by atoms with E-state index in [1.807, 2.05) is 19.9 Å². The molecular weight excluding hydrogens is 322 g/mol. The zero-order valence-electron chi connectivity index (χ0n) is 12.4. The second-order valence-corrected chi connectivity index (χ2v) is 6.33. The van der Waals surface area contributed by atoms with Gasteiger partial charge in [-0.05, 0) is 54.4 Å². The molecule has 2 unspecified atom stereocenters. The molecule has 5 heteroatoms. The minimum absolute atomic E-state index is 0.106. The summed E-state index contributed by atoms with van der Waals surface area (Å²) in [6, 6.07) is 6.35. The van der Waals surface area contributed by atoms with Crippen LogP contribution in [0.5, 0.6) is 5.75 Å². The Morgan fingerprint density at radius 3 is 2.80 bits per heavy atom. The molecule has 1 N–H and O–H groups in total. The number of rotatable bonds is 5. The summed E-state index contributed by atoms with van der Waals surface area (Å²) in [5.41, 5.74) is 1.20. The standard InChI is InChI=1S/C15H22BrNO3/c1-10(11-5-6-14(18-4)13(16)7-11)17-8-12-9-19-15(2,3)20-12/h5-7,10,12,17H,8-9H2,1-4H3. The number of hydrogen-bond donors (Lipinski definition) is 1. The Morgan fingerprint density at radius 2 is 2.25 bits per heavy atom. The molecule has 1 aromatic carbocycles. The molecule has 2 atom stereocenters. The Balaban J connectivity index is 1.89. The second kappa shape index (κ2) is 6.43. The van der Waals surface area contributed by atoms with Crippen LogP contribution < -0.4 is 10.1 Å². The highest BCUT2D eigenvalue weighted by Gasteiger charge is 2.32. The lowest BCUT2D eigenvalue weighted by Crippen LogP contribution is -2.32. The molecule has 0 aromatic heterocycles. The molecule has 0 amide bonds. The summed E-state index contributed by atoms with van der Waals surface area (Å²) in [7, 11) is 1.67. The van der Waals surface area contributed by atoms with Gasteiger partial charge in [-0.25, -0.2) is 0 Å². The highest BCUT2D eigenvalue weighted by Crippen LogP contribution is 2.28. The van der Waals surface area contributed by atoms with Crippen LogP contribution >= 0.6 is 15.9 Å². The summed E-state index contributed by atoms with van der Waals surface area (Å²) in [6.07, 6.45) is 0.106. The van der Waals surface area contributed by atoms with Gasteiger partial charge in [-0.15, -0.1) is 0 Å². The van der Waals surface area contributed by atoms with Crippen LogP contribution in [0.25, 0.3) is 0 Å². The smallest absolute Gasteiger partial charge is 0.163 e. The predicted molar refractivity (Wildman–Crippen MR) is 82.0 cm³/mol. The highest BCUT2D eigenvalue weighted by molar-refractivity contribution is 9.10. The summed E-state index contributed by atoms with van der Waals surface area (Å²) in [5.74, 6) is 0.383. The van der Waals surface area contributed by atoms with Gasteiger partial charge in [0.1, 0.15) is 5.75 Å². The highest BCUT2D eigenvalue weighted by atomic mass is 79.9. The van der Waals surface area contributed by atoms with Crippen molar-refractivity contribution in [1.82, 2.24) is 5.32 Å². The Hall–Kier alpha value is -0.620. The lowest BCUT2D eigenvalue weighted by Gasteiger charge is -2.20. The van der Waals surface area contributed by atoms with Crippen molar-refractivity contribution in [2.24, 2.45) is 0 Å². The van der Waals surface area contributed by atoms with E-state index in [-0.39, 0.29) is 12.1 Å². The van der Waals surface area contributed by atoms with E-state index in [9.17, 15) is 0 Å². The number of benzene rings is 1. The van der Waals surface area contributed by atoms with E-state index in [1.165, 1.54) is 5.56 Å². The van der Waals surface area contributed by atoms with Crippen molar-refractivity contribution in [1.29, 1.82) is 0 Å². The minimum Gasteiger partial charge on any atom is -0.496 e. The van der Waals surface area contributed by atoms with Crippen LogP contribution in [0.1, 0.15) is 32.4 Å². The van der Waals surface area contributed by atoms with E-state index in [1.54, 1.807) is 7.11 Å². The SMILES string of the molecule is COc1ccc(C(C)NCC2COC(C)(C)O2)cc1Br. The van der Waals surface area contributed by atoms with Crippen molar-refractivity contribution >= 4 is 15.9 Å². The largest absolute Gasteiger partial charge is 0.496 e. The topological polar surface area (TPSA) is 39.7 Å². The molecular formula is C15H22BrNO3.